The highest BCUT2D eigenvalue weighted by atomic mass is 16.2. The monoisotopic (exact) mass is 428 g/mol. The van der Waals surface area contributed by atoms with Gasteiger partial charge in [-0.2, -0.15) is 0 Å². The fourth-order valence-electron chi connectivity index (χ4n) is 4.45. The van der Waals surface area contributed by atoms with Gasteiger partial charge in [0.05, 0.1) is 0 Å². The molecule has 2 aliphatic heterocycles. The van der Waals surface area contributed by atoms with Gasteiger partial charge in [-0.05, 0) is 29.8 Å². The Balaban J connectivity index is 1.24. The predicted octanol–water partition coefficient (Wildman–Crippen LogP) is 2.59. The van der Waals surface area contributed by atoms with Gasteiger partial charge in [0.15, 0.2) is 0 Å². The maximum atomic E-state index is 13.2. The van der Waals surface area contributed by atoms with Crippen LogP contribution in [0.4, 0.5) is 11.6 Å². The van der Waals surface area contributed by atoms with E-state index in [2.05, 4.69) is 49.4 Å². The molecule has 2 saturated heterocycles. The van der Waals surface area contributed by atoms with Gasteiger partial charge in [-0.3, -0.25) is 4.79 Å². The summed E-state index contributed by atoms with van der Waals surface area (Å²) in [5, 5.41) is 3.59. The molecule has 0 bridgehead atoms. The second-order valence-corrected chi connectivity index (χ2v) is 8.23. The average Bonchev–Trinajstić information content (AvgIpc) is 2.89. The van der Waals surface area contributed by atoms with Gasteiger partial charge in [0, 0.05) is 69.8 Å². The van der Waals surface area contributed by atoms with Crippen molar-refractivity contribution in [1.82, 2.24) is 20.2 Å². The molecule has 2 fully saturated rings. The van der Waals surface area contributed by atoms with Gasteiger partial charge in [-0.25, -0.2) is 9.97 Å². The maximum Gasteiger partial charge on any atom is 0.254 e. The van der Waals surface area contributed by atoms with Crippen LogP contribution in [0.5, 0.6) is 0 Å². The van der Waals surface area contributed by atoms with Gasteiger partial charge in [-0.15, -0.1) is 0 Å². The summed E-state index contributed by atoms with van der Waals surface area (Å²) in [7, 11) is 0. The molecule has 1 amide bonds. The average molecular weight is 429 g/mol. The summed E-state index contributed by atoms with van der Waals surface area (Å²) >= 11 is 0. The first-order valence-corrected chi connectivity index (χ1v) is 11.2. The fourth-order valence-corrected chi connectivity index (χ4v) is 4.45. The molecule has 2 aliphatic rings. The Bertz CT molecular complexity index is 1040. The lowest BCUT2D eigenvalue weighted by molar-refractivity contribution is 0.0746. The van der Waals surface area contributed by atoms with Crippen molar-refractivity contribution in [3.05, 3.63) is 84.2 Å². The van der Waals surface area contributed by atoms with E-state index >= 15 is 0 Å². The van der Waals surface area contributed by atoms with Crippen LogP contribution in [-0.2, 0) is 0 Å². The number of aromatic nitrogens is 2. The molecule has 3 aromatic rings. The standard InChI is InChI=1S/C25H28N6O/c32-25(30-16-14-29(15-17-30)23-8-4-5-10-27-23)21-9-11-28-24(18-21)31-13-12-26-22(19-31)20-6-2-1-3-7-20/h1-11,18,22,26H,12-17,19H2. The third-order valence-electron chi connectivity index (χ3n) is 6.23. The van der Waals surface area contributed by atoms with Gasteiger partial charge in [0.2, 0.25) is 0 Å². The zero-order chi connectivity index (χ0) is 21.8. The molecule has 0 radical (unpaired) electrons. The fraction of sp³-hybridized carbons (Fsp3) is 0.320. The van der Waals surface area contributed by atoms with Gasteiger partial charge in [0.25, 0.3) is 5.91 Å². The number of hydrogen-bond acceptors (Lipinski definition) is 6. The Morgan fingerprint density at radius 1 is 0.812 bits per heavy atom. The molecule has 1 atom stereocenters. The normalized spacial score (nSPS) is 19.1. The summed E-state index contributed by atoms with van der Waals surface area (Å²) in [5.74, 6) is 1.91. The number of piperazine rings is 2. The van der Waals surface area contributed by atoms with Crippen LogP contribution in [0.2, 0.25) is 0 Å². The Hall–Kier alpha value is -3.45. The number of hydrogen-bond donors (Lipinski definition) is 1. The highest BCUT2D eigenvalue weighted by Gasteiger charge is 2.25. The summed E-state index contributed by atoms with van der Waals surface area (Å²) < 4.78 is 0. The number of pyridine rings is 2. The number of carbonyl (C=O) groups is 1. The Kier molecular flexibility index (Phi) is 5.98. The van der Waals surface area contributed by atoms with Gasteiger partial charge in [0.1, 0.15) is 11.6 Å². The molecular weight excluding hydrogens is 400 g/mol. The lowest BCUT2D eigenvalue weighted by Crippen LogP contribution is -2.49. The number of benzene rings is 1. The van der Waals surface area contributed by atoms with Crippen molar-refractivity contribution in [2.45, 2.75) is 6.04 Å². The molecule has 5 rings (SSSR count). The van der Waals surface area contributed by atoms with Crippen molar-refractivity contribution in [3.63, 3.8) is 0 Å². The van der Waals surface area contributed by atoms with E-state index in [1.54, 1.807) is 6.20 Å². The Labute approximate surface area is 188 Å². The van der Waals surface area contributed by atoms with Crippen LogP contribution in [0.3, 0.4) is 0 Å². The highest BCUT2D eigenvalue weighted by Crippen LogP contribution is 2.22. The molecule has 7 nitrogen and oxygen atoms in total. The highest BCUT2D eigenvalue weighted by molar-refractivity contribution is 5.95. The number of anilines is 2. The Morgan fingerprint density at radius 3 is 2.38 bits per heavy atom. The quantitative estimate of drug-likeness (QED) is 0.689. The minimum absolute atomic E-state index is 0.0732. The van der Waals surface area contributed by atoms with Crippen molar-refractivity contribution in [2.24, 2.45) is 0 Å². The van der Waals surface area contributed by atoms with Gasteiger partial charge < -0.3 is 20.0 Å². The maximum absolute atomic E-state index is 13.2. The van der Waals surface area contributed by atoms with Crippen LogP contribution >= 0.6 is 0 Å². The van der Waals surface area contributed by atoms with E-state index in [1.165, 1.54) is 5.56 Å². The van der Waals surface area contributed by atoms with Crippen LogP contribution in [0.1, 0.15) is 22.0 Å². The minimum atomic E-state index is 0.0732. The molecule has 164 valence electrons. The number of carbonyl (C=O) groups excluding carboxylic acids is 1. The molecule has 4 heterocycles. The summed E-state index contributed by atoms with van der Waals surface area (Å²) in [6.07, 6.45) is 3.57. The smallest absolute Gasteiger partial charge is 0.254 e. The molecular formula is C25H28N6O. The van der Waals surface area contributed by atoms with Crippen molar-refractivity contribution in [2.75, 3.05) is 55.6 Å². The second-order valence-electron chi connectivity index (χ2n) is 8.23. The zero-order valence-corrected chi connectivity index (χ0v) is 18.1. The lowest BCUT2D eigenvalue weighted by atomic mass is 10.0. The van der Waals surface area contributed by atoms with Crippen LogP contribution < -0.4 is 15.1 Å². The first-order chi connectivity index (χ1) is 15.8. The van der Waals surface area contributed by atoms with Crippen molar-refractivity contribution >= 4 is 17.5 Å². The summed E-state index contributed by atoms with van der Waals surface area (Å²) in [6.45, 7) is 5.55. The van der Waals surface area contributed by atoms with Crippen LogP contribution in [0.15, 0.2) is 73.1 Å². The number of rotatable bonds is 4. The van der Waals surface area contributed by atoms with E-state index in [0.29, 0.717) is 18.7 Å². The van der Waals surface area contributed by atoms with Crippen molar-refractivity contribution in [3.8, 4) is 0 Å². The third kappa shape index (κ3) is 4.43. The van der Waals surface area contributed by atoms with Crippen molar-refractivity contribution in [1.29, 1.82) is 0 Å². The predicted molar refractivity (Wildman–Crippen MR) is 126 cm³/mol. The topological polar surface area (TPSA) is 64.6 Å². The summed E-state index contributed by atoms with van der Waals surface area (Å²) in [4.78, 5) is 28.6. The van der Waals surface area contributed by atoms with E-state index in [1.807, 2.05) is 47.5 Å². The lowest BCUT2D eigenvalue weighted by Gasteiger charge is -2.36. The van der Waals surface area contributed by atoms with E-state index in [4.69, 9.17) is 0 Å². The van der Waals surface area contributed by atoms with E-state index in [9.17, 15) is 4.79 Å². The minimum Gasteiger partial charge on any atom is -0.353 e. The molecule has 1 aromatic carbocycles. The van der Waals surface area contributed by atoms with Crippen molar-refractivity contribution < 1.29 is 4.79 Å². The van der Waals surface area contributed by atoms with E-state index in [-0.39, 0.29) is 11.9 Å². The van der Waals surface area contributed by atoms with Crippen LogP contribution in [0.25, 0.3) is 0 Å². The van der Waals surface area contributed by atoms with Crippen LogP contribution in [-0.4, -0.2) is 66.6 Å². The van der Waals surface area contributed by atoms with E-state index < -0.39 is 0 Å². The first kappa shape index (κ1) is 20.5. The number of amides is 1. The number of nitrogens with one attached hydrogen (secondary N) is 1. The molecule has 2 aromatic heterocycles. The summed E-state index contributed by atoms with van der Waals surface area (Å²) in [6, 6.07) is 20.4. The SMILES string of the molecule is O=C(c1ccnc(N2CCNC(c3ccccc3)C2)c1)N1CCN(c2ccccn2)CC1. The third-order valence-corrected chi connectivity index (χ3v) is 6.23. The van der Waals surface area contributed by atoms with Gasteiger partial charge >= 0.3 is 0 Å². The summed E-state index contributed by atoms with van der Waals surface area (Å²) in [5.41, 5.74) is 1.98. The molecule has 32 heavy (non-hydrogen) atoms. The van der Waals surface area contributed by atoms with Crippen LogP contribution in [0, 0.1) is 0 Å². The first-order valence-electron chi connectivity index (χ1n) is 11.2. The Morgan fingerprint density at radius 2 is 1.59 bits per heavy atom. The zero-order valence-electron chi connectivity index (χ0n) is 18.1. The molecule has 1 N–H and O–H groups in total. The largest absolute Gasteiger partial charge is 0.353 e. The second kappa shape index (κ2) is 9.36. The van der Waals surface area contributed by atoms with E-state index in [0.717, 1.165) is 44.4 Å². The molecule has 0 spiro atoms. The molecule has 1 unspecified atom stereocenters. The number of nitrogens with zero attached hydrogens (tertiary/aromatic N) is 5. The molecule has 7 heteroatoms. The molecule has 0 saturated carbocycles. The van der Waals surface area contributed by atoms with Gasteiger partial charge in [-0.1, -0.05) is 36.4 Å². The molecule has 0 aliphatic carbocycles.